The van der Waals surface area contributed by atoms with Crippen LogP contribution in [0.4, 0.5) is 14.5 Å². The van der Waals surface area contributed by atoms with Crippen molar-refractivity contribution < 1.29 is 18.4 Å². The molecule has 0 aliphatic carbocycles. The van der Waals surface area contributed by atoms with E-state index in [1.54, 1.807) is 0 Å². The van der Waals surface area contributed by atoms with Crippen molar-refractivity contribution in [3.05, 3.63) is 28.8 Å². The van der Waals surface area contributed by atoms with E-state index in [4.69, 9.17) is 17.3 Å². The van der Waals surface area contributed by atoms with Crippen molar-refractivity contribution in [3.63, 3.8) is 0 Å². The number of amides is 2. The molecule has 1 aromatic rings. The standard InChI is InChI=1S/C11H9ClF2N2O2/c12-6-2-7(13)8(14)3-9(6)16-4-5(11(15)18)1-10(16)17/h2-3,5H,1,4H2,(H2,15,18). The van der Waals surface area contributed by atoms with Crippen LogP contribution in [0, 0.1) is 17.6 Å². The van der Waals surface area contributed by atoms with E-state index in [-0.39, 0.29) is 23.7 Å². The molecule has 1 saturated heterocycles. The van der Waals surface area contributed by atoms with Crippen molar-refractivity contribution in [2.24, 2.45) is 11.7 Å². The highest BCUT2D eigenvalue weighted by Gasteiger charge is 2.35. The monoisotopic (exact) mass is 274 g/mol. The van der Waals surface area contributed by atoms with Gasteiger partial charge in [0.25, 0.3) is 0 Å². The molecule has 0 bridgehead atoms. The molecule has 1 fully saturated rings. The van der Waals surface area contributed by atoms with Gasteiger partial charge in [0.2, 0.25) is 11.8 Å². The van der Waals surface area contributed by atoms with Crippen molar-refractivity contribution in [2.45, 2.75) is 6.42 Å². The molecule has 1 unspecified atom stereocenters. The van der Waals surface area contributed by atoms with Gasteiger partial charge in [-0.25, -0.2) is 8.78 Å². The highest BCUT2D eigenvalue weighted by Crippen LogP contribution is 2.32. The summed E-state index contributed by atoms with van der Waals surface area (Å²) >= 11 is 5.76. The van der Waals surface area contributed by atoms with Crippen LogP contribution in [0.2, 0.25) is 5.02 Å². The lowest BCUT2D eigenvalue weighted by Gasteiger charge is -2.18. The minimum atomic E-state index is -1.11. The fourth-order valence-corrected chi connectivity index (χ4v) is 2.10. The number of benzene rings is 1. The summed E-state index contributed by atoms with van der Waals surface area (Å²) in [6.07, 6.45) is -0.0509. The number of hydrogen-bond donors (Lipinski definition) is 1. The minimum Gasteiger partial charge on any atom is -0.369 e. The lowest BCUT2D eigenvalue weighted by atomic mass is 10.1. The Morgan fingerprint density at radius 1 is 1.39 bits per heavy atom. The molecule has 2 rings (SSSR count). The third kappa shape index (κ3) is 2.15. The topological polar surface area (TPSA) is 63.4 Å². The number of nitrogens with zero attached hydrogens (tertiary/aromatic N) is 1. The second kappa shape index (κ2) is 4.53. The van der Waals surface area contributed by atoms with Crippen LogP contribution in [0.25, 0.3) is 0 Å². The lowest BCUT2D eigenvalue weighted by molar-refractivity contribution is -0.123. The Labute approximate surface area is 106 Å². The Kier molecular flexibility index (Phi) is 3.21. The third-order valence-corrected chi connectivity index (χ3v) is 3.11. The molecule has 7 heteroatoms. The third-order valence-electron chi connectivity index (χ3n) is 2.81. The summed E-state index contributed by atoms with van der Waals surface area (Å²) < 4.78 is 26.0. The molecule has 1 aliphatic rings. The number of carbonyl (C=O) groups excluding carboxylic acids is 2. The van der Waals surface area contributed by atoms with Gasteiger partial charge in [-0.1, -0.05) is 11.6 Å². The number of rotatable bonds is 2. The second-order valence-corrected chi connectivity index (χ2v) is 4.43. The zero-order valence-electron chi connectivity index (χ0n) is 9.12. The molecule has 1 aromatic carbocycles. The average molecular weight is 275 g/mol. The van der Waals surface area contributed by atoms with Crippen LogP contribution in [-0.4, -0.2) is 18.4 Å². The summed E-state index contributed by atoms with van der Waals surface area (Å²) in [5.74, 6) is -3.84. The van der Waals surface area contributed by atoms with Crippen molar-refractivity contribution >= 4 is 29.1 Å². The molecule has 1 heterocycles. The molecule has 2 amide bonds. The number of hydrogen-bond acceptors (Lipinski definition) is 2. The highest BCUT2D eigenvalue weighted by atomic mass is 35.5. The Balaban J connectivity index is 2.35. The number of carbonyl (C=O) groups is 2. The van der Waals surface area contributed by atoms with Gasteiger partial charge in [0.15, 0.2) is 11.6 Å². The van der Waals surface area contributed by atoms with E-state index >= 15 is 0 Å². The molecule has 1 atom stereocenters. The normalized spacial score (nSPS) is 19.4. The first kappa shape index (κ1) is 12.8. The zero-order valence-corrected chi connectivity index (χ0v) is 9.88. The van der Waals surface area contributed by atoms with E-state index in [1.807, 2.05) is 0 Å². The van der Waals surface area contributed by atoms with Gasteiger partial charge in [-0.3, -0.25) is 9.59 Å². The first-order valence-corrected chi connectivity index (χ1v) is 5.52. The summed E-state index contributed by atoms with van der Waals surface area (Å²) in [6.45, 7) is 0.0267. The van der Waals surface area contributed by atoms with E-state index in [2.05, 4.69) is 0 Å². The van der Waals surface area contributed by atoms with E-state index in [9.17, 15) is 18.4 Å². The molecule has 0 radical (unpaired) electrons. The van der Waals surface area contributed by atoms with Gasteiger partial charge in [-0.2, -0.15) is 0 Å². The first-order valence-electron chi connectivity index (χ1n) is 5.14. The summed E-state index contributed by atoms with van der Waals surface area (Å²) in [4.78, 5) is 23.8. The number of halogens is 3. The van der Waals surface area contributed by atoms with Gasteiger partial charge >= 0.3 is 0 Å². The highest BCUT2D eigenvalue weighted by molar-refractivity contribution is 6.34. The maximum absolute atomic E-state index is 13.1. The SMILES string of the molecule is NC(=O)C1CC(=O)N(c2cc(F)c(F)cc2Cl)C1. The average Bonchev–Trinajstić information content (AvgIpc) is 2.66. The van der Waals surface area contributed by atoms with E-state index < -0.39 is 29.4 Å². The molecule has 0 saturated carbocycles. The smallest absolute Gasteiger partial charge is 0.227 e. The summed E-state index contributed by atoms with van der Waals surface area (Å²) in [5, 5.41) is -0.0904. The Morgan fingerprint density at radius 2 is 2.00 bits per heavy atom. The second-order valence-electron chi connectivity index (χ2n) is 4.03. The maximum Gasteiger partial charge on any atom is 0.227 e. The van der Waals surface area contributed by atoms with Gasteiger partial charge in [-0.05, 0) is 6.07 Å². The summed E-state index contributed by atoms with van der Waals surface area (Å²) in [7, 11) is 0. The van der Waals surface area contributed by atoms with Crippen molar-refractivity contribution in [3.8, 4) is 0 Å². The number of primary amides is 1. The van der Waals surface area contributed by atoms with Gasteiger partial charge in [0.05, 0.1) is 16.6 Å². The van der Waals surface area contributed by atoms with Crippen LogP contribution in [-0.2, 0) is 9.59 Å². The molecular formula is C11H9ClF2N2O2. The molecule has 18 heavy (non-hydrogen) atoms. The van der Waals surface area contributed by atoms with E-state index in [0.717, 1.165) is 17.0 Å². The van der Waals surface area contributed by atoms with Crippen molar-refractivity contribution in [1.29, 1.82) is 0 Å². The van der Waals surface area contributed by atoms with Crippen LogP contribution in [0.3, 0.4) is 0 Å². The quantitative estimate of drug-likeness (QED) is 0.830. The van der Waals surface area contributed by atoms with Crippen LogP contribution < -0.4 is 10.6 Å². The zero-order chi connectivity index (χ0) is 13.4. The fraction of sp³-hybridized carbons (Fsp3) is 0.273. The molecule has 2 N–H and O–H groups in total. The predicted octanol–water partition coefficient (Wildman–Crippen LogP) is 1.46. The molecule has 0 spiro atoms. The van der Waals surface area contributed by atoms with E-state index in [1.165, 1.54) is 0 Å². The number of nitrogens with two attached hydrogens (primary N) is 1. The Bertz CT molecular complexity index is 536. The molecule has 4 nitrogen and oxygen atoms in total. The Hall–Kier alpha value is -1.69. The van der Waals surface area contributed by atoms with Crippen LogP contribution in [0.1, 0.15) is 6.42 Å². The van der Waals surface area contributed by atoms with Crippen LogP contribution in [0.5, 0.6) is 0 Å². The number of anilines is 1. The maximum atomic E-state index is 13.1. The summed E-state index contributed by atoms with van der Waals surface area (Å²) in [5.41, 5.74) is 5.15. The molecular weight excluding hydrogens is 266 g/mol. The largest absolute Gasteiger partial charge is 0.369 e. The molecule has 1 aliphatic heterocycles. The van der Waals surface area contributed by atoms with Gasteiger partial charge in [0.1, 0.15) is 0 Å². The molecule has 0 aromatic heterocycles. The van der Waals surface area contributed by atoms with Crippen molar-refractivity contribution in [2.75, 3.05) is 11.4 Å². The van der Waals surface area contributed by atoms with Crippen molar-refractivity contribution in [1.82, 2.24) is 0 Å². The Morgan fingerprint density at radius 3 is 2.56 bits per heavy atom. The predicted molar refractivity (Wildman–Crippen MR) is 61.0 cm³/mol. The minimum absolute atomic E-state index is 0.0267. The van der Waals surface area contributed by atoms with Gasteiger partial charge in [-0.15, -0.1) is 0 Å². The van der Waals surface area contributed by atoms with Crippen LogP contribution >= 0.6 is 11.6 Å². The van der Waals surface area contributed by atoms with Gasteiger partial charge < -0.3 is 10.6 Å². The van der Waals surface area contributed by atoms with Crippen LogP contribution in [0.15, 0.2) is 12.1 Å². The summed E-state index contributed by atoms with van der Waals surface area (Å²) in [6, 6.07) is 1.62. The van der Waals surface area contributed by atoms with E-state index in [0.29, 0.717) is 0 Å². The lowest BCUT2D eigenvalue weighted by Crippen LogP contribution is -2.28. The first-order chi connectivity index (χ1) is 8.40. The van der Waals surface area contributed by atoms with Gasteiger partial charge in [0, 0.05) is 19.0 Å². The molecule has 96 valence electrons. The fourth-order valence-electron chi connectivity index (χ4n) is 1.85.